The molecule has 2 heteroatoms. The van der Waals surface area contributed by atoms with E-state index in [2.05, 4.69) is 45.7 Å². The normalized spacial score (nSPS) is 15.4. The molecule has 0 rings (SSSR count). The zero-order valence-electron chi connectivity index (χ0n) is 9.57. The number of rotatable bonds is 9. The molecule has 0 aliphatic carbocycles. The van der Waals surface area contributed by atoms with Crippen LogP contribution in [0.25, 0.3) is 0 Å². The highest BCUT2D eigenvalue weighted by atomic mass is 79.9. The Hall–Kier alpha value is 0.960. The van der Waals surface area contributed by atoms with Crippen molar-refractivity contribution in [3.63, 3.8) is 0 Å². The van der Waals surface area contributed by atoms with E-state index in [4.69, 9.17) is 0 Å². The van der Waals surface area contributed by atoms with E-state index < -0.39 is 0 Å². The summed E-state index contributed by atoms with van der Waals surface area (Å²) in [7, 11) is 0. The summed E-state index contributed by atoms with van der Waals surface area (Å²) in [5.74, 6) is 0. The second-order valence-corrected chi connectivity index (χ2v) is 6.66. The SMILES string of the molecule is CCCCCC(Br)CC(Br)CCCC. The summed E-state index contributed by atoms with van der Waals surface area (Å²) < 4.78 is 0. The van der Waals surface area contributed by atoms with Gasteiger partial charge in [-0.25, -0.2) is 0 Å². The fraction of sp³-hybridized carbons (Fsp3) is 1.00. The molecule has 0 nitrogen and oxygen atoms in total. The first-order valence-electron chi connectivity index (χ1n) is 5.98. The Morgan fingerprint density at radius 1 is 0.786 bits per heavy atom. The monoisotopic (exact) mass is 326 g/mol. The highest BCUT2D eigenvalue weighted by Crippen LogP contribution is 2.23. The van der Waals surface area contributed by atoms with Gasteiger partial charge in [0.1, 0.15) is 0 Å². The molecule has 0 bridgehead atoms. The third-order valence-corrected chi connectivity index (χ3v) is 4.17. The zero-order chi connectivity index (χ0) is 10.8. The van der Waals surface area contributed by atoms with Crippen LogP contribution < -0.4 is 0 Å². The Morgan fingerprint density at radius 3 is 1.79 bits per heavy atom. The van der Waals surface area contributed by atoms with Crippen LogP contribution in [0.3, 0.4) is 0 Å². The van der Waals surface area contributed by atoms with Gasteiger partial charge in [-0.2, -0.15) is 0 Å². The molecule has 0 saturated heterocycles. The average molecular weight is 328 g/mol. The molecule has 86 valence electrons. The lowest BCUT2D eigenvalue weighted by molar-refractivity contribution is 0.591. The molecule has 0 aromatic carbocycles. The molecule has 0 amide bonds. The topological polar surface area (TPSA) is 0 Å². The van der Waals surface area contributed by atoms with Gasteiger partial charge < -0.3 is 0 Å². The second kappa shape index (κ2) is 10.5. The van der Waals surface area contributed by atoms with Crippen LogP contribution in [0.15, 0.2) is 0 Å². The van der Waals surface area contributed by atoms with Crippen molar-refractivity contribution in [2.24, 2.45) is 0 Å². The molecule has 0 saturated carbocycles. The van der Waals surface area contributed by atoms with Gasteiger partial charge in [0.25, 0.3) is 0 Å². The van der Waals surface area contributed by atoms with Crippen LogP contribution in [0.2, 0.25) is 0 Å². The highest BCUT2D eigenvalue weighted by Gasteiger charge is 2.10. The van der Waals surface area contributed by atoms with Crippen molar-refractivity contribution >= 4 is 31.9 Å². The van der Waals surface area contributed by atoms with Crippen LogP contribution in [0.1, 0.15) is 65.2 Å². The van der Waals surface area contributed by atoms with Crippen LogP contribution in [-0.4, -0.2) is 9.65 Å². The van der Waals surface area contributed by atoms with Crippen molar-refractivity contribution in [1.82, 2.24) is 0 Å². The van der Waals surface area contributed by atoms with Gasteiger partial charge in [0.15, 0.2) is 0 Å². The second-order valence-electron chi connectivity index (χ2n) is 4.07. The summed E-state index contributed by atoms with van der Waals surface area (Å²) in [6, 6.07) is 0. The molecule has 0 N–H and O–H groups in total. The van der Waals surface area contributed by atoms with Crippen molar-refractivity contribution in [2.75, 3.05) is 0 Å². The molecule has 0 fully saturated rings. The van der Waals surface area contributed by atoms with Gasteiger partial charge in [0.05, 0.1) is 0 Å². The smallest absolute Gasteiger partial charge is 0.0156 e. The molecule has 0 heterocycles. The van der Waals surface area contributed by atoms with Gasteiger partial charge in [-0.05, 0) is 19.3 Å². The van der Waals surface area contributed by atoms with Crippen molar-refractivity contribution < 1.29 is 0 Å². The number of hydrogen-bond donors (Lipinski definition) is 0. The third kappa shape index (κ3) is 9.51. The van der Waals surface area contributed by atoms with Crippen molar-refractivity contribution in [2.45, 2.75) is 74.9 Å². The minimum Gasteiger partial charge on any atom is -0.0890 e. The summed E-state index contributed by atoms with van der Waals surface area (Å²) in [4.78, 5) is 1.43. The van der Waals surface area contributed by atoms with Gasteiger partial charge in [0, 0.05) is 9.65 Å². The maximum Gasteiger partial charge on any atom is 0.0156 e. The van der Waals surface area contributed by atoms with E-state index in [1.807, 2.05) is 0 Å². The third-order valence-electron chi connectivity index (χ3n) is 2.50. The molecule has 0 spiro atoms. The van der Waals surface area contributed by atoms with Crippen LogP contribution in [-0.2, 0) is 0 Å². The molecule has 2 atom stereocenters. The Kier molecular flexibility index (Phi) is 11.2. The van der Waals surface area contributed by atoms with E-state index in [1.54, 1.807) is 0 Å². The van der Waals surface area contributed by atoms with Crippen LogP contribution in [0.4, 0.5) is 0 Å². The molecule has 0 aromatic rings. The van der Waals surface area contributed by atoms with Crippen molar-refractivity contribution in [1.29, 1.82) is 0 Å². The molecular formula is C12H24Br2. The summed E-state index contributed by atoms with van der Waals surface area (Å²) in [5.41, 5.74) is 0. The first-order valence-corrected chi connectivity index (χ1v) is 7.81. The van der Waals surface area contributed by atoms with E-state index in [0.717, 1.165) is 4.83 Å². The molecular weight excluding hydrogens is 304 g/mol. The molecule has 0 aliphatic rings. The van der Waals surface area contributed by atoms with Crippen molar-refractivity contribution in [3.8, 4) is 0 Å². The first kappa shape index (κ1) is 15.0. The Bertz CT molecular complexity index is 115. The fourth-order valence-corrected chi connectivity index (χ4v) is 3.61. The van der Waals surface area contributed by atoms with Crippen molar-refractivity contribution in [3.05, 3.63) is 0 Å². The lowest BCUT2D eigenvalue weighted by Crippen LogP contribution is -2.07. The zero-order valence-corrected chi connectivity index (χ0v) is 12.7. The summed E-state index contributed by atoms with van der Waals surface area (Å²) in [6.07, 6.45) is 10.7. The minimum atomic E-state index is 0.716. The molecule has 0 aromatic heterocycles. The quantitative estimate of drug-likeness (QED) is 0.378. The van der Waals surface area contributed by atoms with Gasteiger partial charge in [0.2, 0.25) is 0 Å². The van der Waals surface area contributed by atoms with E-state index >= 15 is 0 Å². The summed E-state index contributed by atoms with van der Waals surface area (Å²) >= 11 is 7.53. The van der Waals surface area contributed by atoms with E-state index in [-0.39, 0.29) is 0 Å². The number of halogens is 2. The first-order chi connectivity index (χ1) is 6.70. The highest BCUT2D eigenvalue weighted by molar-refractivity contribution is 9.10. The van der Waals surface area contributed by atoms with E-state index in [9.17, 15) is 0 Å². The maximum atomic E-state index is 3.77. The van der Waals surface area contributed by atoms with Gasteiger partial charge >= 0.3 is 0 Å². The summed E-state index contributed by atoms with van der Waals surface area (Å²) in [6.45, 7) is 4.52. The van der Waals surface area contributed by atoms with Gasteiger partial charge in [-0.1, -0.05) is 77.8 Å². The number of hydrogen-bond acceptors (Lipinski definition) is 0. The van der Waals surface area contributed by atoms with Crippen LogP contribution in [0, 0.1) is 0 Å². The van der Waals surface area contributed by atoms with E-state index in [1.165, 1.54) is 51.4 Å². The molecule has 0 aliphatic heterocycles. The summed E-state index contributed by atoms with van der Waals surface area (Å²) in [5, 5.41) is 0. The minimum absolute atomic E-state index is 0.716. The number of unbranched alkanes of at least 4 members (excludes halogenated alkanes) is 3. The lowest BCUT2D eigenvalue weighted by atomic mass is 10.1. The largest absolute Gasteiger partial charge is 0.0890 e. The standard InChI is InChI=1S/C12H24Br2/c1-3-5-7-9-12(14)10-11(13)8-6-4-2/h11-12H,3-10H2,1-2H3. The predicted octanol–water partition coefficient (Wildman–Crippen LogP) is 5.67. The lowest BCUT2D eigenvalue weighted by Gasteiger charge is -2.14. The maximum absolute atomic E-state index is 3.77. The van der Waals surface area contributed by atoms with Gasteiger partial charge in [-0.15, -0.1) is 0 Å². The fourth-order valence-electron chi connectivity index (χ4n) is 1.55. The Morgan fingerprint density at radius 2 is 1.29 bits per heavy atom. The average Bonchev–Trinajstić information content (AvgIpc) is 2.15. The van der Waals surface area contributed by atoms with Crippen LogP contribution >= 0.6 is 31.9 Å². The van der Waals surface area contributed by atoms with E-state index in [0.29, 0.717) is 4.83 Å². The van der Waals surface area contributed by atoms with Crippen LogP contribution in [0.5, 0.6) is 0 Å². The molecule has 14 heavy (non-hydrogen) atoms. The Balaban J connectivity index is 3.35. The predicted molar refractivity (Wildman–Crippen MR) is 73.7 cm³/mol. The molecule has 2 unspecified atom stereocenters. The van der Waals surface area contributed by atoms with Gasteiger partial charge in [-0.3, -0.25) is 0 Å². The Labute approximate surface area is 106 Å². The number of alkyl halides is 2. The molecule has 0 radical (unpaired) electrons.